The molecule has 1 aliphatic heterocycles. The van der Waals surface area contributed by atoms with Crippen molar-refractivity contribution < 1.29 is 4.79 Å². The standard InChI is InChI=1S/C16H27N5O/c1-17-16(20(3)13-14-8-7-9-19(14)2)18-12-15(22)21-10-5-4-6-11-21/h7-9H,4-6,10-13H2,1-3H3,(H,17,18). The van der Waals surface area contributed by atoms with E-state index < -0.39 is 0 Å². The molecule has 0 aromatic carbocycles. The third kappa shape index (κ3) is 4.26. The average molecular weight is 305 g/mol. The van der Waals surface area contributed by atoms with Gasteiger partial charge < -0.3 is 19.7 Å². The Kier molecular flexibility index (Phi) is 5.86. The summed E-state index contributed by atoms with van der Waals surface area (Å²) in [5.41, 5.74) is 1.20. The van der Waals surface area contributed by atoms with Crippen LogP contribution in [0.2, 0.25) is 0 Å². The summed E-state index contributed by atoms with van der Waals surface area (Å²) in [6.45, 7) is 2.84. The number of likely N-dealkylation sites (tertiary alicyclic amines) is 1. The molecule has 0 atom stereocenters. The number of hydrogen-bond acceptors (Lipinski definition) is 2. The zero-order valence-corrected chi connectivity index (χ0v) is 13.9. The third-order valence-corrected chi connectivity index (χ3v) is 4.13. The van der Waals surface area contributed by atoms with Gasteiger partial charge in [0.2, 0.25) is 5.91 Å². The summed E-state index contributed by atoms with van der Waals surface area (Å²) in [5.74, 6) is 0.902. The zero-order chi connectivity index (χ0) is 15.9. The van der Waals surface area contributed by atoms with Crippen LogP contribution in [-0.2, 0) is 18.4 Å². The summed E-state index contributed by atoms with van der Waals surface area (Å²) < 4.78 is 2.09. The predicted octanol–water partition coefficient (Wildman–Crippen LogP) is 1.04. The summed E-state index contributed by atoms with van der Waals surface area (Å²) >= 11 is 0. The molecule has 0 spiro atoms. The molecule has 6 nitrogen and oxygen atoms in total. The number of nitrogens with zero attached hydrogens (tertiary/aromatic N) is 4. The van der Waals surface area contributed by atoms with Crippen LogP contribution in [0.1, 0.15) is 25.0 Å². The summed E-state index contributed by atoms with van der Waals surface area (Å²) in [6.07, 6.45) is 5.50. The molecule has 1 saturated heterocycles. The minimum Gasteiger partial charge on any atom is -0.353 e. The number of aromatic nitrogens is 1. The molecular formula is C16H27N5O. The summed E-state index contributed by atoms with van der Waals surface area (Å²) in [7, 11) is 5.75. The molecule has 0 saturated carbocycles. The lowest BCUT2D eigenvalue weighted by atomic mass is 10.1. The second-order valence-corrected chi connectivity index (χ2v) is 5.81. The summed E-state index contributed by atoms with van der Waals surface area (Å²) in [4.78, 5) is 20.4. The topological polar surface area (TPSA) is 52.9 Å². The molecule has 1 aliphatic rings. The number of carbonyl (C=O) groups excluding carboxylic acids is 1. The highest BCUT2D eigenvalue weighted by Crippen LogP contribution is 2.08. The molecule has 1 aromatic heterocycles. The highest BCUT2D eigenvalue weighted by molar-refractivity contribution is 5.86. The van der Waals surface area contributed by atoms with Crippen LogP contribution in [0.25, 0.3) is 0 Å². The zero-order valence-electron chi connectivity index (χ0n) is 13.9. The van der Waals surface area contributed by atoms with E-state index in [2.05, 4.69) is 20.9 Å². The number of hydrogen-bond donors (Lipinski definition) is 1. The molecule has 0 radical (unpaired) electrons. The van der Waals surface area contributed by atoms with Gasteiger partial charge in [0.25, 0.3) is 0 Å². The number of aliphatic imine (C=N–C) groups is 1. The maximum atomic E-state index is 12.2. The van der Waals surface area contributed by atoms with Gasteiger partial charge in [-0.25, -0.2) is 0 Å². The fourth-order valence-electron chi connectivity index (χ4n) is 2.77. The number of piperidine rings is 1. The fourth-order valence-corrected chi connectivity index (χ4v) is 2.77. The van der Waals surface area contributed by atoms with Crippen LogP contribution in [-0.4, -0.2) is 60.0 Å². The monoisotopic (exact) mass is 305 g/mol. The van der Waals surface area contributed by atoms with Gasteiger partial charge in [-0.1, -0.05) is 0 Å². The lowest BCUT2D eigenvalue weighted by Gasteiger charge is -2.28. The van der Waals surface area contributed by atoms with E-state index in [0.29, 0.717) is 6.54 Å². The van der Waals surface area contributed by atoms with Gasteiger partial charge in [0.15, 0.2) is 5.96 Å². The molecule has 0 unspecified atom stereocenters. The van der Waals surface area contributed by atoms with E-state index in [9.17, 15) is 4.79 Å². The van der Waals surface area contributed by atoms with Crippen molar-refractivity contribution in [2.24, 2.45) is 12.0 Å². The molecule has 1 aromatic rings. The Morgan fingerprint density at radius 3 is 2.68 bits per heavy atom. The highest BCUT2D eigenvalue weighted by atomic mass is 16.2. The number of rotatable bonds is 4. The highest BCUT2D eigenvalue weighted by Gasteiger charge is 2.17. The van der Waals surface area contributed by atoms with E-state index in [1.807, 2.05) is 36.2 Å². The lowest BCUT2D eigenvalue weighted by molar-refractivity contribution is -0.130. The molecule has 2 rings (SSSR count). The maximum absolute atomic E-state index is 12.2. The number of carbonyl (C=O) groups is 1. The summed E-state index contributed by atoms with van der Waals surface area (Å²) in [5, 5.41) is 3.17. The molecule has 122 valence electrons. The predicted molar refractivity (Wildman–Crippen MR) is 88.7 cm³/mol. The molecule has 22 heavy (non-hydrogen) atoms. The van der Waals surface area contributed by atoms with E-state index in [-0.39, 0.29) is 5.91 Å². The second-order valence-electron chi connectivity index (χ2n) is 5.81. The van der Waals surface area contributed by atoms with Crippen LogP contribution in [0.15, 0.2) is 23.3 Å². The Labute approximate surface area is 132 Å². The molecule has 1 amide bonds. The molecule has 0 aliphatic carbocycles. The SMILES string of the molecule is CN=C(NCC(=O)N1CCCCC1)N(C)Cc1cccn1C. The van der Waals surface area contributed by atoms with Gasteiger partial charge in [-0.2, -0.15) is 0 Å². The van der Waals surface area contributed by atoms with E-state index >= 15 is 0 Å². The van der Waals surface area contributed by atoms with E-state index in [0.717, 1.165) is 38.4 Å². The van der Waals surface area contributed by atoms with Crippen molar-refractivity contribution in [1.29, 1.82) is 0 Å². The van der Waals surface area contributed by atoms with E-state index in [1.165, 1.54) is 12.1 Å². The van der Waals surface area contributed by atoms with E-state index in [1.54, 1.807) is 7.05 Å². The summed E-state index contributed by atoms with van der Waals surface area (Å²) in [6, 6.07) is 4.11. The minimum atomic E-state index is 0.160. The Hall–Kier alpha value is -1.98. The molecule has 2 heterocycles. The first-order valence-corrected chi connectivity index (χ1v) is 7.91. The van der Waals surface area contributed by atoms with Gasteiger partial charge in [-0.05, 0) is 31.4 Å². The van der Waals surface area contributed by atoms with Crippen LogP contribution in [0.5, 0.6) is 0 Å². The molecule has 6 heteroatoms. The molecule has 1 N–H and O–H groups in total. The van der Waals surface area contributed by atoms with Crippen LogP contribution in [0.4, 0.5) is 0 Å². The second kappa shape index (κ2) is 7.87. The van der Waals surface area contributed by atoms with Gasteiger partial charge in [-0.15, -0.1) is 0 Å². The van der Waals surface area contributed by atoms with Crippen molar-refractivity contribution in [2.45, 2.75) is 25.8 Å². The number of aryl methyl sites for hydroxylation is 1. The van der Waals surface area contributed by atoms with Gasteiger partial charge in [0, 0.05) is 46.1 Å². The first-order chi connectivity index (χ1) is 10.6. The normalized spacial score (nSPS) is 15.8. The Morgan fingerprint density at radius 2 is 2.09 bits per heavy atom. The number of amides is 1. The van der Waals surface area contributed by atoms with Crippen molar-refractivity contribution in [3.63, 3.8) is 0 Å². The Bertz CT molecular complexity index is 516. The van der Waals surface area contributed by atoms with Crippen LogP contribution in [0.3, 0.4) is 0 Å². The van der Waals surface area contributed by atoms with E-state index in [4.69, 9.17) is 0 Å². The van der Waals surface area contributed by atoms with Crippen molar-refractivity contribution in [3.8, 4) is 0 Å². The van der Waals surface area contributed by atoms with Crippen LogP contribution in [0, 0.1) is 0 Å². The van der Waals surface area contributed by atoms with Crippen molar-refractivity contribution in [1.82, 2.24) is 19.7 Å². The first-order valence-electron chi connectivity index (χ1n) is 7.91. The van der Waals surface area contributed by atoms with Crippen molar-refractivity contribution >= 4 is 11.9 Å². The quantitative estimate of drug-likeness (QED) is 0.668. The average Bonchev–Trinajstić information content (AvgIpc) is 2.93. The first kappa shape index (κ1) is 16.4. The lowest BCUT2D eigenvalue weighted by Crippen LogP contribution is -2.46. The number of guanidine groups is 1. The Morgan fingerprint density at radius 1 is 1.36 bits per heavy atom. The van der Waals surface area contributed by atoms with Crippen LogP contribution < -0.4 is 5.32 Å². The van der Waals surface area contributed by atoms with Gasteiger partial charge >= 0.3 is 0 Å². The Balaban J connectivity index is 1.83. The largest absolute Gasteiger partial charge is 0.353 e. The third-order valence-electron chi connectivity index (χ3n) is 4.13. The van der Waals surface area contributed by atoms with Crippen molar-refractivity contribution in [2.75, 3.05) is 33.7 Å². The van der Waals surface area contributed by atoms with Gasteiger partial charge in [0.1, 0.15) is 0 Å². The molecule has 1 fully saturated rings. The minimum absolute atomic E-state index is 0.160. The fraction of sp³-hybridized carbons (Fsp3) is 0.625. The number of nitrogens with one attached hydrogen (secondary N) is 1. The smallest absolute Gasteiger partial charge is 0.241 e. The maximum Gasteiger partial charge on any atom is 0.241 e. The van der Waals surface area contributed by atoms with Crippen LogP contribution >= 0.6 is 0 Å². The molecule has 0 bridgehead atoms. The molecular weight excluding hydrogens is 278 g/mol. The van der Waals surface area contributed by atoms with Crippen molar-refractivity contribution in [3.05, 3.63) is 24.0 Å². The van der Waals surface area contributed by atoms with Gasteiger partial charge in [0.05, 0.1) is 13.1 Å². The van der Waals surface area contributed by atoms with Gasteiger partial charge in [-0.3, -0.25) is 9.79 Å².